The highest BCUT2D eigenvalue weighted by Gasteiger charge is 2.58. The largest absolute Gasteiger partial charge is 0.508 e. The van der Waals surface area contributed by atoms with E-state index in [9.17, 15) is 15.1 Å². The molecule has 5 nitrogen and oxygen atoms in total. The average molecular weight is 343 g/mol. The van der Waals surface area contributed by atoms with Crippen molar-refractivity contribution in [2.24, 2.45) is 22.4 Å². The maximum atomic E-state index is 11.8. The van der Waals surface area contributed by atoms with Crippen molar-refractivity contribution < 1.29 is 19.8 Å². The van der Waals surface area contributed by atoms with Crippen molar-refractivity contribution in [2.45, 2.75) is 58.0 Å². The zero-order valence-electron chi connectivity index (χ0n) is 14.7. The molecule has 0 aromatic heterocycles. The van der Waals surface area contributed by atoms with Gasteiger partial charge in [0.05, 0.1) is 5.71 Å². The van der Waals surface area contributed by atoms with Gasteiger partial charge in [0.25, 0.3) is 0 Å². The number of hydrogen-bond acceptors (Lipinski definition) is 5. The highest BCUT2D eigenvalue weighted by molar-refractivity contribution is 5.92. The maximum Gasteiger partial charge on any atom is 0.302 e. The van der Waals surface area contributed by atoms with Gasteiger partial charge in [-0.25, -0.2) is 0 Å². The summed E-state index contributed by atoms with van der Waals surface area (Å²) in [6.45, 7) is 3.62. The minimum Gasteiger partial charge on any atom is -0.508 e. The Hall–Kier alpha value is -2.04. The summed E-state index contributed by atoms with van der Waals surface area (Å²) in [5.41, 5.74) is 3.02. The highest BCUT2D eigenvalue weighted by Crippen LogP contribution is 2.60. The Balaban J connectivity index is 1.80. The van der Waals surface area contributed by atoms with Gasteiger partial charge in [0.2, 0.25) is 0 Å². The summed E-state index contributed by atoms with van der Waals surface area (Å²) in [5.74, 6) is 1.02. The molecular formula is C20H25NO4. The summed E-state index contributed by atoms with van der Waals surface area (Å²) in [7, 11) is 0. The zero-order valence-corrected chi connectivity index (χ0v) is 14.7. The first-order valence-electron chi connectivity index (χ1n) is 9.14. The van der Waals surface area contributed by atoms with Crippen LogP contribution in [0, 0.1) is 17.3 Å². The molecular weight excluding hydrogens is 318 g/mol. The molecule has 0 aliphatic heterocycles. The molecule has 0 bridgehead atoms. The molecule has 25 heavy (non-hydrogen) atoms. The second kappa shape index (κ2) is 5.75. The van der Waals surface area contributed by atoms with Gasteiger partial charge in [-0.1, -0.05) is 18.1 Å². The van der Waals surface area contributed by atoms with E-state index in [0.29, 0.717) is 18.3 Å². The maximum absolute atomic E-state index is 11.8. The molecule has 1 aromatic carbocycles. The Kier molecular flexibility index (Phi) is 3.78. The number of oxime groups is 1. The van der Waals surface area contributed by atoms with E-state index in [4.69, 9.17) is 4.74 Å². The highest BCUT2D eigenvalue weighted by atomic mass is 16.5. The standard InChI is InChI=1S/C20H25NO4/c1-11(22)25-17-10-20(2)16(7-8-18(20)21-24)15-5-3-12-9-13(23)4-6-14(12)19(15)17/h4,6,9,15-17,19,23-24H,3,5,7-8,10H2,1-2H3. The lowest BCUT2D eigenvalue weighted by Crippen LogP contribution is -2.50. The summed E-state index contributed by atoms with van der Waals surface area (Å²) >= 11 is 0. The predicted molar refractivity (Wildman–Crippen MR) is 92.9 cm³/mol. The molecule has 3 aliphatic rings. The van der Waals surface area contributed by atoms with Crippen LogP contribution in [0.5, 0.6) is 5.75 Å². The molecule has 0 radical (unpaired) electrons. The van der Waals surface area contributed by atoms with Gasteiger partial charge in [0.1, 0.15) is 11.9 Å². The molecule has 0 saturated heterocycles. The number of phenols is 1. The average Bonchev–Trinajstić information content (AvgIpc) is 2.89. The molecule has 134 valence electrons. The first-order chi connectivity index (χ1) is 11.9. The number of esters is 1. The topological polar surface area (TPSA) is 79.1 Å². The van der Waals surface area contributed by atoms with Gasteiger partial charge in [0.15, 0.2) is 0 Å². The van der Waals surface area contributed by atoms with E-state index in [0.717, 1.165) is 37.0 Å². The van der Waals surface area contributed by atoms with Crippen LogP contribution in [0.4, 0.5) is 0 Å². The van der Waals surface area contributed by atoms with Crippen molar-refractivity contribution in [3.05, 3.63) is 29.3 Å². The SMILES string of the molecule is CC(=O)OC1CC2(C)C(=NO)CCC2C2CCc3cc(O)ccc3C12. The van der Waals surface area contributed by atoms with E-state index < -0.39 is 0 Å². The lowest BCUT2D eigenvalue weighted by Gasteiger charge is -2.51. The number of ether oxygens (including phenoxy) is 1. The van der Waals surface area contributed by atoms with Crippen molar-refractivity contribution in [2.75, 3.05) is 0 Å². The van der Waals surface area contributed by atoms with E-state index in [1.54, 1.807) is 6.07 Å². The fourth-order valence-corrected chi connectivity index (χ4v) is 5.90. The number of carbonyl (C=O) groups excluding carboxylic acids is 1. The van der Waals surface area contributed by atoms with Gasteiger partial charge < -0.3 is 15.1 Å². The van der Waals surface area contributed by atoms with Crippen LogP contribution in [-0.2, 0) is 16.0 Å². The Morgan fingerprint density at radius 2 is 2.12 bits per heavy atom. The van der Waals surface area contributed by atoms with Crippen LogP contribution in [-0.4, -0.2) is 28.1 Å². The summed E-state index contributed by atoms with van der Waals surface area (Å²) in [4.78, 5) is 11.8. The van der Waals surface area contributed by atoms with E-state index >= 15 is 0 Å². The predicted octanol–water partition coefficient (Wildman–Crippen LogP) is 3.62. The summed E-state index contributed by atoms with van der Waals surface area (Å²) in [5, 5.41) is 22.9. The molecule has 0 spiro atoms. The van der Waals surface area contributed by atoms with Crippen LogP contribution >= 0.6 is 0 Å². The second-order valence-electron chi connectivity index (χ2n) is 8.07. The zero-order chi connectivity index (χ0) is 17.8. The quantitative estimate of drug-likeness (QED) is 0.464. The number of rotatable bonds is 1. The minimum atomic E-state index is -0.266. The van der Waals surface area contributed by atoms with Gasteiger partial charge in [-0.3, -0.25) is 4.79 Å². The monoisotopic (exact) mass is 343 g/mol. The van der Waals surface area contributed by atoms with Crippen molar-refractivity contribution in [1.29, 1.82) is 0 Å². The van der Waals surface area contributed by atoms with E-state index in [1.807, 2.05) is 12.1 Å². The normalized spacial score (nSPS) is 37.9. The number of hydrogen-bond donors (Lipinski definition) is 2. The summed E-state index contributed by atoms with van der Waals surface area (Å²) < 4.78 is 5.78. The minimum absolute atomic E-state index is 0.157. The fourth-order valence-electron chi connectivity index (χ4n) is 5.90. The first-order valence-corrected chi connectivity index (χ1v) is 9.14. The van der Waals surface area contributed by atoms with Crippen LogP contribution in [0.3, 0.4) is 0 Å². The number of benzene rings is 1. The molecule has 5 atom stereocenters. The lowest BCUT2D eigenvalue weighted by molar-refractivity contribution is -0.154. The van der Waals surface area contributed by atoms with Crippen LogP contribution in [0.2, 0.25) is 0 Å². The van der Waals surface area contributed by atoms with E-state index in [1.165, 1.54) is 12.5 Å². The van der Waals surface area contributed by atoms with Crippen LogP contribution in [0.25, 0.3) is 0 Å². The van der Waals surface area contributed by atoms with Gasteiger partial charge in [-0.05, 0) is 67.2 Å². The number of phenolic OH excluding ortho intramolecular Hbond substituents is 1. The third-order valence-electron chi connectivity index (χ3n) is 6.84. The molecule has 2 N–H and O–H groups in total. The molecule has 3 aliphatic carbocycles. The van der Waals surface area contributed by atoms with Gasteiger partial charge in [0, 0.05) is 18.3 Å². The van der Waals surface area contributed by atoms with Gasteiger partial charge in [-0.2, -0.15) is 0 Å². The lowest BCUT2D eigenvalue weighted by atomic mass is 9.54. The third-order valence-corrected chi connectivity index (χ3v) is 6.84. The molecule has 1 aromatic rings. The van der Waals surface area contributed by atoms with Crippen molar-refractivity contribution in [3.63, 3.8) is 0 Å². The van der Waals surface area contributed by atoms with Gasteiger partial charge in [-0.15, -0.1) is 0 Å². The Bertz CT molecular complexity index is 743. The van der Waals surface area contributed by atoms with E-state index in [2.05, 4.69) is 12.1 Å². The molecule has 4 rings (SSSR count). The molecule has 2 saturated carbocycles. The Labute approximate surface area is 147 Å². The molecule has 5 unspecified atom stereocenters. The number of aromatic hydroxyl groups is 1. The number of aryl methyl sites for hydroxylation is 1. The molecule has 0 amide bonds. The number of nitrogens with zero attached hydrogens (tertiary/aromatic N) is 1. The Morgan fingerprint density at radius 3 is 2.84 bits per heavy atom. The van der Waals surface area contributed by atoms with Gasteiger partial charge >= 0.3 is 5.97 Å². The van der Waals surface area contributed by atoms with Crippen molar-refractivity contribution in [3.8, 4) is 5.75 Å². The Morgan fingerprint density at radius 1 is 1.32 bits per heavy atom. The number of carbonyl (C=O) groups is 1. The summed E-state index contributed by atoms with van der Waals surface area (Å²) in [6, 6.07) is 5.57. The smallest absolute Gasteiger partial charge is 0.302 e. The van der Waals surface area contributed by atoms with Crippen LogP contribution in [0.1, 0.15) is 56.6 Å². The second-order valence-corrected chi connectivity index (χ2v) is 8.07. The van der Waals surface area contributed by atoms with Crippen LogP contribution in [0.15, 0.2) is 23.4 Å². The summed E-state index contributed by atoms with van der Waals surface area (Å²) in [6.07, 6.45) is 4.25. The number of fused-ring (bicyclic) bond motifs is 5. The van der Waals surface area contributed by atoms with E-state index in [-0.39, 0.29) is 29.2 Å². The third kappa shape index (κ3) is 2.43. The van der Waals surface area contributed by atoms with Crippen LogP contribution < -0.4 is 0 Å². The first kappa shape index (κ1) is 16.4. The molecule has 0 heterocycles. The molecule has 5 heteroatoms. The molecule has 2 fully saturated rings. The fraction of sp³-hybridized carbons (Fsp3) is 0.600. The van der Waals surface area contributed by atoms with Crippen molar-refractivity contribution in [1.82, 2.24) is 0 Å². The van der Waals surface area contributed by atoms with Crippen molar-refractivity contribution >= 4 is 11.7 Å².